The molecule has 4 N–H and O–H groups in total. The van der Waals surface area contributed by atoms with Gasteiger partial charge in [-0.15, -0.1) is 6.58 Å². The smallest absolute Gasteiger partial charge is 0.123 e. The third-order valence-electron chi connectivity index (χ3n) is 7.09. The standard InChI is InChI=1S/C23H36N6.C7H7F.C3H6.C2H6/c1-5-19(6-2)22-8-7-12-28(15-14-27(22)4)18(3)20-11-13-29(17-20)23(26)10-9-21(25)16-24;1-6-3-2-4-7(8)5-6;1-3-2;1-2/h5-6,9-10,20,22H,1,3,7-8,11-15,17,25-26H2,2,4H3;2-5H,1H3;3H,1H2,2H3;1-2H3/b19-6+,21-9-,23-10+;;;. The van der Waals surface area contributed by atoms with E-state index in [4.69, 9.17) is 16.7 Å². The summed E-state index contributed by atoms with van der Waals surface area (Å²) in [7, 11) is 2.20. The summed E-state index contributed by atoms with van der Waals surface area (Å²) in [5, 5.41) is 8.75. The molecule has 0 saturated carbocycles. The van der Waals surface area contributed by atoms with Crippen molar-refractivity contribution in [2.75, 3.05) is 39.8 Å². The van der Waals surface area contributed by atoms with E-state index in [1.54, 1.807) is 24.3 Å². The second-order valence-electron chi connectivity index (χ2n) is 10.1. The molecule has 0 spiro atoms. The molecule has 6 nitrogen and oxygen atoms in total. The van der Waals surface area contributed by atoms with Gasteiger partial charge in [0, 0.05) is 50.4 Å². The molecule has 0 amide bonds. The van der Waals surface area contributed by atoms with Gasteiger partial charge in [-0.1, -0.05) is 57.4 Å². The molecule has 2 aliphatic heterocycles. The third-order valence-corrected chi connectivity index (χ3v) is 7.09. The van der Waals surface area contributed by atoms with Crippen LogP contribution in [0, 0.1) is 30.0 Å². The zero-order valence-corrected chi connectivity index (χ0v) is 27.0. The van der Waals surface area contributed by atoms with Gasteiger partial charge in [-0.05, 0) is 82.5 Å². The average molecular weight is 579 g/mol. The van der Waals surface area contributed by atoms with E-state index in [9.17, 15) is 4.39 Å². The summed E-state index contributed by atoms with van der Waals surface area (Å²) in [6, 6.07) is 8.85. The number of rotatable bonds is 6. The number of benzene rings is 1. The van der Waals surface area contributed by atoms with E-state index < -0.39 is 0 Å². The first-order valence-electron chi connectivity index (χ1n) is 14.9. The van der Waals surface area contributed by atoms with Gasteiger partial charge in [0.05, 0.1) is 5.82 Å². The highest BCUT2D eigenvalue weighted by molar-refractivity contribution is 5.24. The van der Waals surface area contributed by atoms with Gasteiger partial charge in [0.2, 0.25) is 0 Å². The Morgan fingerprint density at radius 3 is 2.24 bits per heavy atom. The van der Waals surface area contributed by atoms with Crippen LogP contribution in [-0.2, 0) is 0 Å². The van der Waals surface area contributed by atoms with Crippen LogP contribution in [0.1, 0.15) is 52.5 Å². The van der Waals surface area contributed by atoms with Gasteiger partial charge in [0.25, 0.3) is 0 Å². The fourth-order valence-electron chi connectivity index (χ4n) is 4.84. The molecule has 232 valence electrons. The predicted molar refractivity (Wildman–Crippen MR) is 179 cm³/mol. The number of nitrogens with zero attached hydrogens (tertiary/aromatic N) is 4. The lowest BCUT2D eigenvalue weighted by atomic mass is 9.98. The minimum atomic E-state index is -0.162. The lowest BCUT2D eigenvalue weighted by Crippen LogP contribution is -2.43. The summed E-state index contributed by atoms with van der Waals surface area (Å²) in [5.74, 6) is 0.890. The van der Waals surface area contributed by atoms with Crippen LogP contribution < -0.4 is 11.5 Å². The fraction of sp³-hybridized carbons (Fsp3) is 0.457. The van der Waals surface area contributed by atoms with Crippen LogP contribution in [0.3, 0.4) is 0 Å². The molecule has 0 aliphatic carbocycles. The number of hydrogen-bond acceptors (Lipinski definition) is 6. The van der Waals surface area contributed by atoms with Crippen molar-refractivity contribution in [3.05, 3.63) is 109 Å². The van der Waals surface area contributed by atoms with Crippen molar-refractivity contribution in [1.29, 1.82) is 5.26 Å². The molecule has 2 atom stereocenters. The lowest BCUT2D eigenvalue weighted by Gasteiger charge is -2.38. The van der Waals surface area contributed by atoms with E-state index in [2.05, 4.69) is 54.5 Å². The number of aryl methyl sites for hydroxylation is 1. The SMILES string of the molecule is C=C/C(=C\C)C1CCCN(C(=C)C2CCN(/C(N)=C/C=C(\N)C#N)C2)CCN1C.C=CC.CC.Cc1cccc(F)c1. The van der Waals surface area contributed by atoms with Crippen LogP contribution in [0.4, 0.5) is 4.39 Å². The highest BCUT2D eigenvalue weighted by Gasteiger charge is 2.29. The number of likely N-dealkylation sites (tertiary alicyclic amines) is 1. The Bertz CT molecular complexity index is 1080. The Kier molecular flexibility index (Phi) is 20.0. The van der Waals surface area contributed by atoms with E-state index in [1.165, 1.54) is 23.4 Å². The van der Waals surface area contributed by atoms with Crippen molar-refractivity contribution in [3.8, 4) is 6.07 Å². The molecule has 2 heterocycles. The van der Waals surface area contributed by atoms with E-state index in [-0.39, 0.29) is 11.5 Å². The Balaban J connectivity index is 0.00000107. The molecule has 2 aliphatic rings. The van der Waals surface area contributed by atoms with E-state index in [0.29, 0.717) is 17.8 Å². The van der Waals surface area contributed by atoms with Gasteiger partial charge in [-0.3, -0.25) is 4.90 Å². The molecule has 7 heteroatoms. The maximum absolute atomic E-state index is 12.2. The molecular formula is C35H55FN6. The van der Waals surface area contributed by atoms with Crippen molar-refractivity contribution in [1.82, 2.24) is 14.7 Å². The van der Waals surface area contributed by atoms with Crippen LogP contribution in [-0.4, -0.2) is 60.5 Å². The highest BCUT2D eigenvalue weighted by atomic mass is 19.1. The summed E-state index contributed by atoms with van der Waals surface area (Å²) >= 11 is 0. The van der Waals surface area contributed by atoms with E-state index in [0.717, 1.165) is 57.5 Å². The molecule has 2 unspecified atom stereocenters. The first-order valence-corrected chi connectivity index (χ1v) is 14.9. The maximum Gasteiger partial charge on any atom is 0.123 e. The van der Waals surface area contributed by atoms with Gasteiger partial charge < -0.3 is 21.3 Å². The van der Waals surface area contributed by atoms with Gasteiger partial charge in [0.1, 0.15) is 17.6 Å². The molecule has 1 aromatic carbocycles. The number of nitrogens with two attached hydrogens (primary N) is 2. The van der Waals surface area contributed by atoms with Crippen molar-refractivity contribution in [2.24, 2.45) is 17.4 Å². The predicted octanol–water partition coefficient (Wildman–Crippen LogP) is 6.87. The quantitative estimate of drug-likeness (QED) is 0.218. The minimum absolute atomic E-state index is 0.161. The molecule has 0 bridgehead atoms. The summed E-state index contributed by atoms with van der Waals surface area (Å²) in [6.07, 6.45) is 12.5. The molecule has 2 saturated heterocycles. The van der Waals surface area contributed by atoms with Crippen LogP contribution in [0.5, 0.6) is 0 Å². The molecule has 1 aromatic rings. The second-order valence-corrected chi connectivity index (χ2v) is 10.1. The summed E-state index contributed by atoms with van der Waals surface area (Å²) in [6.45, 7) is 26.4. The number of likely N-dealkylation sites (N-methyl/N-ethyl adjacent to an activating group) is 1. The fourth-order valence-corrected chi connectivity index (χ4v) is 4.84. The topological polar surface area (TPSA) is 85.5 Å². The zero-order valence-electron chi connectivity index (χ0n) is 27.0. The summed E-state index contributed by atoms with van der Waals surface area (Å²) in [4.78, 5) is 7.03. The van der Waals surface area contributed by atoms with Crippen LogP contribution in [0.2, 0.25) is 0 Å². The monoisotopic (exact) mass is 578 g/mol. The molecule has 3 rings (SSSR count). The van der Waals surface area contributed by atoms with Gasteiger partial charge in [-0.2, -0.15) is 5.26 Å². The minimum Gasteiger partial charge on any atom is -0.390 e. The molecule has 0 radical (unpaired) electrons. The number of nitriles is 1. The van der Waals surface area contributed by atoms with Gasteiger partial charge in [0.15, 0.2) is 0 Å². The number of allylic oxidation sites excluding steroid dienone is 5. The highest BCUT2D eigenvalue weighted by Crippen LogP contribution is 2.28. The normalized spacial score (nSPS) is 19.7. The van der Waals surface area contributed by atoms with Crippen molar-refractivity contribution in [2.45, 2.75) is 59.9 Å². The molecule has 42 heavy (non-hydrogen) atoms. The second kappa shape index (κ2) is 21.9. The van der Waals surface area contributed by atoms with E-state index >= 15 is 0 Å². The van der Waals surface area contributed by atoms with Crippen molar-refractivity contribution in [3.63, 3.8) is 0 Å². The Hall–Kier alpha value is -3.76. The summed E-state index contributed by atoms with van der Waals surface area (Å²) in [5.41, 5.74) is 15.4. The Labute approximate surface area is 255 Å². The van der Waals surface area contributed by atoms with Crippen LogP contribution in [0.15, 0.2) is 97.2 Å². The van der Waals surface area contributed by atoms with Crippen molar-refractivity contribution < 1.29 is 4.39 Å². The molecule has 0 aromatic heterocycles. The Morgan fingerprint density at radius 2 is 1.71 bits per heavy atom. The van der Waals surface area contributed by atoms with Crippen molar-refractivity contribution >= 4 is 0 Å². The lowest BCUT2D eigenvalue weighted by molar-refractivity contribution is 0.180. The zero-order chi connectivity index (χ0) is 32.1. The van der Waals surface area contributed by atoms with Gasteiger partial charge in [-0.25, -0.2) is 4.39 Å². The molecule has 2 fully saturated rings. The molecular weight excluding hydrogens is 523 g/mol. The van der Waals surface area contributed by atoms with Gasteiger partial charge >= 0.3 is 0 Å². The average Bonchev–Trinajstić information content (AvgIpc) is 3.48. The van der Waals surface area contributed by atoms with Crippen LogP contribution >= 0.6 is 0 Å². The maximum atomic E-state index is 12.2. The third kappa shape index (κ3) is 13.7. The first kappa shape index (κ1) is 38.2. The summed E-state index contributed by atoms with van der Waals surface area (Å²) < 4.78 is 12.2. The first-order chi connectivity index (χ1) is 20.1. The van der Waals surface area contributed by atoms with E-state index in [1.807, 2.05) is 45.9 Å². The van der Waals surface area contributed by atoms with Crippen LogP contribution in [0.25, 0.3) is 0 Å². The Morgan fingerprint density at radius 1 is 1.05 bits per heavy atom. The number of hydrogen-bond donors (Lipinski definition) is 2. The number of halogens is 1. The largest absolute Gasteiger partial charge is 0.390 e.